The number of amides is 1. The van der Waals surface area contributed by atoms with Crippen LogP contribution in [-0.4, -0.2) is 31.4 Å². The fourth-order valence-electron chi connectivity index (χ4n) is 2.17. The smallest absolute Gasteiger partial charge is 0.225 e. The van der Waals surface area contributed by atoms with Crippen molar-refractivity contribution >= 4 is 21.6 Å². The first kappa shape index (κ1) is 19.0. The predicted molar refractivity (Wildman–Crippen MR) is 91.3 cm³/mol. The van der Waals surface area contributed by atoms with Gasteiger partial charge in [0.2, 0.25) is 15.9 Å². The summed E-state index contributed by atoms with van der Waals surface area (Å²) in [6.07, 6.45) is 0.960. The summed E-state index contributed by atoms with van der Waals surface area (Å²) in [5.41, 5.74) is 0.909. The van der Waals surface area contributed by atoms with E-state index in [4.69, 9.17) is 0 Å². The Balaban J connectivity index is 1.97. The van der Waals surface area contributed by atoms with Gasteiger partial charge in [-0.1, -0.05) is 30.3 Å². The van der Waals surface area contributed by atoms with Gasteiger partial charge in [0.05, 0.1) is 6.26 Å². The van der Waals surface area contributed by atoms with Gasteiger partial charge in [-0.05, 0) is 17.7 Å². The minimum absolute atomic E-state index is 0.0246. The van der Waals surface area contributed by atoms with Gasteiger partial charge >= 0.3 is 0 Å². The maximum atomic E-state index is 13.1. The van der Waals surface area contributed by atoms with Crippen molar-refractivity contribution in [1.82, 2.24) is 4.31 Å². The SMILES string of the molecule is CS(=O)(=O)N(CCC(=O)Nc1ccc(F)c(F)c1)Cc1ccccc1. The first-order valence-corrected chi connectivity index (χ1v) is 9.34. The van der Waals surface area contributed by atoms with Gasteiger partial charge in [0.15, 0.2) is 11.6 Å². The number of benzene rings is 2. The summed E-state index contributed by atoms with van der Waals surface area (Å²) in [4.78, 5) is 11.9. The quantitative estimate of drug-likeness (QED) is 0.817. The second kappa shape index (κ2) is 8.17. The number of carbonyl (C=O) groups is 1. The number of halogens is 2. The number of sulfonamides is 1. The third-order valence-electron chi connectivity index (χ3n) is 3.46. The normalized spacial score (nSPS) is 11.5. The van der Waals surface area contributed by atoms with Crippen molar-refractivity contribution in [2.24, 2.45) is 0 Å². The van der Waals surface area contributed by atoms with Gasteiger partial charge < -0.3 is 5.32 Å². The average molecular weight is 368 g/mol. The van der Waals surface area contributed by atoms with E-state index in [1.165, 1.54) is 10.4 Å². The Morgan fingerprint density at radius 2 is 1.76 bits per heavy atom. The number of hydrogen-bond acceptors (Lipinski definition) is 3. The lowest BCUT2D eigenvalue weighted by Gasteiger charge is -2.19. The van der Waals surface area contributed by atoms with Crippen LogP contribution in [0.25, 0.3) is 0 Å². The lowest BCUT2D eigenvalue weighted by Crippen LogP contribution is -2.32. The molecule has 5 nitrogen and oxygen atoms in total. The van der Waals surface area contributed by atoms with Gasteiger partial charge in [0.25, 0.3) is 0 Å². The van der Waals surface area contributed by atoms with E-state index < -0.39 is 27.6 Å². The van der Waals surface area contributed by atoms with Crippen molar-refractivity contribution in [3.8, 4) is 0 Å². The highest BCUT2D eigenvalue weighted by Gasteiger charge is 2.18. The molecule has 0 heterocycles. The van der Waals surface area contributed by atoms with Crippen LogP contribution < -0.4 is 5.32 Å². The maximum absolute atomic E-state index is 13.1. The summed E-state index contributed by atoms with van der Waals surface area (Å²) < 4.78 is 51.0. The van der Waals surface area contributed by atoms with Crippen LogP contribution in [0.5, 0.6) is 0 Å². The Kier molecular flexibility index (Phi) is 6.22. The lowest BCUT2D eigenvalue weighted by molar-refractivity contribution is -0.116. The van der Waals surface area contributed by atoms with Crippen molar-refractivity contribution in [3.63, 3.8) is 0 Å². The largest absolute Gasteiger partial charge is 0.326 e. The zero-order chi connectivity index (χ0) is 18.4. The van der Waals surface area contributed by atoms with Gasteiger partial charge in [0.1, 0.15) is 0 Å². The molecule has 0 aliphatic carbocycles. The summed E-state index contributed by atoms with van der Waals surface area (Å²) in [6, 6.07) is 12.0. The summed E-state index contributed by atoms with van der Waals surface area (Å²) in [5.74, 6) is -2.57. The molecule has 0 aliphatic heterocycles. The Labute approximate surface area is 145 Å². The van der Waals surface area contributed by atoms with Crippen molar-refractivity contribution in [2.75, 3.05) is 18.1 Å². The molecule has 8 heteroatoms. The molecule has 2 rings (SSSR count). The molecule has 0 aromatic heterocycles. The second-order valence-corrected chi connectivity index (χ2v) is 7.49. The third-order valence-corrected chi connectivity index (χ3v) is 4.71. The van der Waals surface area contributed by atoms with Crippen LogP contribution in [0, 0.1) is 11.6 Å². The van der Waals surface area contributed by atoms with E-state index in [2.05, 4.69) is 5.32 Å². The molecule has 1 amide bonds. The Bertz CT molecular complexity index is 842. The number of anilines is 1. The van der Waals surface area contributed by atoms with Crippen LogP contribution in [0.2, 0.25) is 0 Å². The minimum atomic E-state index is -3.50. The highest BCUT2D eigenvalue weighted by molar-refractivity contribution is 7.88. The fourth-order valence-corrected chi connectivity index (χ4v) is 2.98. The highest BCUT2D eigenvalue weighted by Crippen LogP contribution is 2.14. The molecule has 0 saturated carbocycles. The van der Waals surface area contributed by atoms with Crippen molar-refractivity contribution in [2.45, 2.75) is 13.0 Å². The van der Waals surface area contributed by atoms with Gasteiger partial charge in [-0.15, -0.1) is 0 Å². The Morgan fingerprint density at radius 1 is 1.08 bits per heavy atom. The molecule has 1 N–H and O–H groups in total. The molecular weight excluding hydrogens is 350 g/mol. The fraction of sp³-hybridized carbons (Fsp3) is 0.235. The molecule has 2 aromatic rings. The standard InChI is InChI=1S/C17H18F2N2O3S/c1-25(23,24)21(12-13-5-3-2-4-6-13)10-9-17(22)20-14-7-8-15(18)16(19)11-14/h2-8,11H,9-10,12H2,1H3,(H,20,22). The summed E-state index contributed by atoms with van der Waals surface area (Å²) >= 11 is 0. The van der Waals surface area contributed by atoms with E-state index in [-0.39, 0.29) is 25.2 Å². The monoisotopic (exact) mass is 368 g/mol. The molecule has 2 aromatic carbocycles. The topological polar surface area (TPSA) is 66.5 Å². The van der Waals surface area contributed by atoms with Crippen LogP contribution in [0.1, 0.15) is 12.0 Å². The van der Waals surface area contributed by atoms with Crippen LogP contribution in [0.15, 0.2) is 48.5 Å². The minimum Gasteiger partial charge on any atom is -0.326 e. The van der Waals surface area contributed by atoms with E-state index >= 15 is 0 Å². The van der Waals surface area contributed by atoms with Crippen molar-refractivity contribution in [1.29, 1.82) is 0 Å². The maximum Gasteiger partial charge on any atom is 0.225 e. The predicted octanol–water partition coefficient (Wildman–Crippen LogP) is 2.76. The van der Waals surface area contributed by atoms with Crippen LogP contribution >= 0.6 is 0 Å². The third kappa shape index (κ3) is 5.91. The van der Waals surface area contributed by atoms with E-state index in [0.29, 0.717) is 0 Å². The molecule has 0 atom stereocenters. The number of nitrogens with zero attached hydrogens (tertiary/aromatic N) is 1. The molecule has 134 valence electrons. The molecular formula is C17H18F2N2O3S. The number of nitrogens with one attached hydrogen (secondary N) is 1. The molecule has 0 aliphatic rings. The van der Waals surface area contributed by atoms with E-state index in [1.807, 2.05) is 6.07 Å². The van der Waals surface area contributed by atoms with Gasteiger partial charge in [-0.3, -0.25) is 4.79 Å². The molecule has 0 radical (unpaired) electrons. The summed E-state index contributed by atoms with van der Waals surface area (Å²) in [7, 11) is -3.50. The van der Waals surface area contributed by atoms with Crippen LogP contribution in [-0.2, 0) is 21.4 Å². The zero-order valence-corrected chi connectivity index (χ0v) is 14.4. The highest BCUT2D eigenvalue weighted by atomic mass is 32.2. The van der Waals surface area contributed by atoms with Crippen LogP contribution in [0.4, 0.5) is 14.5 Å². The molecule has 0 saturated heterocycles. The first-order valence-electron chi connectivity index (χ1n) is 7.49. The Morgan fingerprint density at radius 3 is 2.36 bits per heavy atom. The molecule has 0 spiro atoms. The van der Waals surface area contributed by atoms with Gasteiger partial charge in [0, 0.05) is 31.3 Å². The van der Waals surface area contributed by atoms with E-state index in [0.717, 1.165) is 24.0 Å². The van der Waals surface area contributed by atoms with E-state index in [1.54, 1.807) is 24.3 Å². The van der Waals surface area contributed by atoms with Crippen LogP contribution in [0.3, 0.4) is 0 Å². The number of hydrogen-bond donors (Lipinski definition) is 1. The average Bonchev–Trinajstić information content (AvgIpc) is 2.55. The van der Waals surface area contributed by atoms with Gasteiger partial charge in [-0.2, -0.15) is 4.31 Å². The van der Waals surface area contributed by atoms with E-state index in [9.17, 15) is 22.0 Å². The van der Waals surface area contributed by atoms with Crippen molar-refractivity contribution < 1.29 is 22.0 Å². The molecule has 0 fully saturated rings. The molecule has 25 heavy (non-hydrogen) atoms. The Hall–Kier alpha value is -2.32. The zero-order valence-electron chi connectivity index (χ0n) is 13.6. The summed E-state index contributed by atoms with van der Waals surface area (Å²) in [5, 5.41) is 2.41. The number of carbonyl (C=O) groups excluding carboxylic acids is 1. The number of rotatable bonds is 7. The first-order chi connectivity index (χ1) is 11.8. The van der Waals surface area contributed by atoms with Crippen molar-refractivity contribution in [3.05, 3.63) is 65.7 Å². The lowest BCUT2D eigenvalue weighted by atomic mass is 10.2. The van der Waals surface area contributed by atoms with Gasteiger partial charge in [-0.25, -0.2) is 17.2 Å². The second-order valence-electron chi connectivity index (χ2n) is 5.51. The summed E-state index contributed by atoms with van der Waals surface area (Å²) in [6.45, 7) is 0.126. The molecule has 0 unspecified atom stereocenters. The molecule has 0 bridgehead atoms.